The molecule has 15 nitrogen and oxygen atoms in total. The normalized spacial score (nSPS) is 15.0. The number of aryl methyl sites for hydroxylation is 4. The van der Waals surface area contributed by atoms with Crippen LogP contribution in [0.1, 0.15) is 196 Å². The minimum absolute atomic E-state index is 0.0128. The van der Waals surface area contributed by atoms with E-state index in [0.717, 1.165) is 19.0 Å². The topological polar surface area (TPSA) is 213 Å². The number of benzene rings is 6. The number of nitrogens with zero attached hydrogens (tertiary/aromatic N) is 6. The van der Waals surface area contributed by atoms with Gasteiger partial charge in [0.25, 0.3) is 0 Å². The smallest absolute Gasteiger partial charge is 0.348 e. The van der Waals surface area contributed by atoms with Crippen LogP contribution >= 0.6 is 0 Å². The van der Waals surface area contributed by atoms with Gasteiger partial charge < -0.3 is 40.5 Å². The predicted molar refractivity (Wildman–Crippen MR) is 393 cm³/mol. The minimum Gasteiger partial charge on any atom is -0.348 e. The third kappa shape index (κ3) is 25.6. The summed E-state index contributed by atoms with van der Waals surface area (Å²) in [4.78, 5) is 50.4. The van der Waals surface area contributed by atoms with Crippen LogP contribution in [0.5, 0.6) is 0 Å². The average molecular weight is 1850 g/mol. The summed E-state index contributed by atoms with van der Waals surface area (Å²) >= 11 is 0. The summed E-state index contributed by atoms with van der Waals surface area (Å²) in [5, 5.41) is 5.75. The summed E-state index contributed by atoms with van der Waals surface area (Å²) in [5.74, 6) is 1.71. The summed E-state index contributed by atoms with van der Waals surface area (Å²) in [6.07, 6.45) is -50.1. The number of aromatic amines is 6. The summed E-state index contributed by atoms with van der Waals surface area (Å²) in [7, 11) is 0. The van der Waals surface area contributed by atoms with Crippen molar-refractivity contribution in [2.45, 2.75) is 202 Å². The number of imidazole rings is 6. The van der Waals surface area contributed by atoms with E-state index in [0.29, 0.717) is 104 Å². The van der Waals surface area contributed by atoms with E-state index < -0.39 is 162 Å². The molecule has 6 aromatic carbocycles. The molecule has 1 unspecified atom stereocenters. The fourth-order valence-electron chi connectivity index (χ4n) is 12.5. The van der Waals surface area contributed by atoms with Crippen molar-refractivity contribution in [2.75, 3.05) is 6.54 Å². The lowest BCUT2D eigenvalue weighted by Gasteiger charge is -2.16. The number of carbonyl (C=O) groups excluding carboxylic acids is 1. The Balaban J connectivity index is 0.000000188. The number of H-pyrrole nitrogens is 6. The Labute approximate surface area is 689 Å². The van der Waals surface area contributed by atoms with Crippen LogP contribution in [0.4, 0.5) is 145 Å². The molecule has 1 aliphatic heterocycles. The Bertz CT molecular complexity index is 5650. The average Bonchev–Trinajstić information content (AvgIpc) is 1.58. The molecule has 0 saturated carbocycles. The fraction of sp³-hybridized carbons (Fsp3) is 0.449. The lowest BCUT2D eigenvalue weighted by Crippen LogP contribution is -2.34. The third-order valence-corrected chi connectivity index (χ3v) is 18.2. The largest absolute Gasteiger partial charge is 0.418 e. The zero-order valence-corrected chi connectivity index (χ0v) is 67.0. The quantitative estimate of drug-likeness (QED) is 0.0650. The van der Waals surface area contributed by atoms with E-state index in [4.69, 9.17) is 0 Å². The van der Waals surface area contributed by atoms with Crippen LogP contribution in [0.3, 0.4) is 0 Å². The van der Waals surface area contributed by atoms with Gasteiger partial charge >= 0.3 is 67.9 Å². The van der Waals surface area contributed by atoms with Crippen molar-refractivity contribution in [3.8, 4) is 0 Å². The van der Waals surface area contributed by atoms with Gasteiger partial charge in [0.15, 0.2) is 0 Å². The highest BCUT2D eigenvalue weighted by molar-refractivity contribution is 5.85. The van der Waals surface area contributed by atoms with Gasteiger partial charge in [0.2, 0.25) is 5.91 Å². The standard InChI is InChI=1S/C15H15F6N3O.C14H14F6N2.C14H16F3N3.2C12H10F6N2.C11H8F6N2/c1-13(2,3)12(25)22-6-10-23-9-5-7(14(16,17)18)4-8(11(9)24-10)15(19,20)21;1-12(2,3)6-10-21-9-5-7(13(15,16)17)4-8(11(9)22-10)14(18,19)20;1-7-3-9(14(15,16)17)12-10(4-7)19-13(20-12)11-5-8(2)6-18-11;2*1-2-3-9-19-8-5-6(11(13,14)15)4-7(10(8)20-9)12(16,17)18;1-2-9-18-7-3-5(10(12,13)14)6(11(15,16)17)4-8(7)19-9/h4-5H,6H2,1-3H3,(H,22,25)(H,23,24);4-5H,6H2,1-3H3,(H,21,22);3-4,8,11,18H,5-6H2,1-2H3,(H,19,20);2*4-5H,2-3H2,1H3,(H,19,20);3-4H,2H2,1H3,(H,18,19)/t;;8-,11?;;;/m..1.../s1. The molecule has 2 atom stereocenters. The lowest BCUT2D eigenvalue weighted by atomic mass is 9.92. The van der Waals surface area contributed by atoms with Crippen molar-refractivity contribution in [2.24, 2.45) is 16.7 Å². The van der Waals surface area contributed by atoms with Gasteiger partial charge in [-0.3, -0.25) is 4.79 Å². The Kier molecular flexibility index (Phi) is 28.9. The van der Waals surface area contributed by atoms with Crippen LogP contribution in [0.25, 0.3) is 66.2 Å². The maximum absolute atomic E-state index is 13.1. The summed E-state index contributed by atoms with van der Waals surface area (Å²) < 4.78 is 423. The molecule has 13 rings (SSSR count). The molecule has 8 N–H and O–H groups in total. The number of carbonyl (C=O) groups is 1. The summed E-state index contributed by atoms with van der Waals surface area (Å²) in [6.45, 7) is 20.1. The zero-order chi connectivity index (χ0) is 95.3. The summed E-state index contributed by atoms with van der Waals surface area (Å²) in [6, 6.07) is 6.58. The first-order chi connectivity index (χ1) is 57.2. The van der Waals surface area contributed by atoms with Gasteiger partial charge in [0.05, 0.1) is 112 Å². The Morgan fingerprint density at radius 1 is 0.357 bits per heavy atom. The number of hydrogen-bond acceptors (Lipinski definition) is 8. The van der Waals surface area contributed by atoms with E-state index >= 15 is 0 Å². The Morgan fingerprint density at radius 3 is 1.00 bits per heavy atom. The van der Waals surface area contributed by atoms with Gasteiger partial charge in [-0.25, -0.2) is 29.9 Å². The van der Waals surface area contributed by atoms with Gasteiger partial charge in [0, 0.05) is 31.1 Å². The van der Waals surface area contributed by atoms with Crippen molar-refractivity contribution >= 4 is 72.1 Å². The predicted octanol–water partition coefficient (Wildman–Crippen LogP) is 26.3. The second kappa shape index (κ2) is 36.2. The zero-order valence-electron chi connectivity index (χ0n) is 67.0. The van der Waals surface area contributed by atoms with E-state index in [-0.39, 0.29) is 105 Å². The first kappa shape index (κ1) is 101. The molecule has 6 aromatic heterocycles. The molecular formula is C78H73F33N14O. The van der Waals surface area contributed by atoms with Gasteiger partial charge in [-0.15, -0.1) is 0 Å². The Morgan fingerprint density at radius 2 is 0.675 bits per heavy atom. The Hall–Kier alpha value is -10.7. The molecule has 692 valence electrons. The first-order valence-electron chi connectivity index (χ1n) is 37.1. The molecule has 0 bridgehead atoms. The van der Waals surface area contributed by atoms with Crippen LogP contribution in [0.15, 0.2) is 72.8 Å². The molecule has 12 aromatic rings. The molecule has 0 aliphatic carbocycles. The number of alkyl halides is 33. The monoisotopic (exact) mass is 1850 g/mol. The second-order valence-electron chi connectivity index (χ2n) is 31.1. The maximum atomic E-state index is 13.1. The highest BCUT2D eigenvalue weighted by Crippen LogP contribution is 2.47. The molecule has 1 fully saturated rings. The van der Waals surface area contributed by atoms with E-state index in [1.165, 1.54) is 0 Å². The molecule has 0 radical (unpaired) electrons. The summed E-state index contributed by atoms with van der Waals surface area (Å²) in [5.41, 5.74) is -18.6. The SMILES string of the molecule is CC(C)(C)C(=O)NCc1nc2c(C(F)(F)F)cc(C(F)(F)F)cc2[nH]1.CC(C)(C)Cc1nc2c(C(F)(F)F)cc(C(F)(F)F)cc2[nH]1.CCCc1nc2c(C(F)(F)F)cc(C(F)(F)F)cc2[nH]1.CCCc1nc2c(C(F)(F)F)cc(C(F)(F)F)cc2[nH]1.CCc1nc2cc(C(F)(F)F)c(C(F)(F)F)cc2[nH]1.Cc1cc(C(F)(F)F)c2nc(C3C[C@@H](C)CN3)[nH]c2c1. The van der Waals surface area contributed by atoms with Crippen molar-refractivity contribution in [1.29, 1.82) is 0 Å². The first-order valence-corrected chi connectivity index (χ1v) is 37.1. The number of fused-ring (bicyclic) bond motifs is 6. The van der Waals surface area contributed by atoms with Gasteiger partial charge in [-0.05, 0) is 122 Å². The van der Waals surface area contributed by atoms with Crippen LogP contribution in [-0.4, -0.2) is 72.3 Å². The van der Waals surface area contributed by atoms with Crippen molar-refractivity contribution in [3.05, 3.63) is 175 Å². The molecule has 1 amide bonds. The molecular weight excluding hydrogens is 1780 g/mol. The van der Waals surface area contributed by atoms with Crippen molar-refractivity contribution < 1.29 is 150 Å². The number of nitrogens with one attached hydrogen (secondary N) is 8. The molecule has 1 aliphatic rings. The number of rotatable bonds is 9. The van der Waals surface area contributed by atoms with Crippen LogP contribution < -0.4 is 10.6 Å². The highest BCUT2D eigenvalue weighted by Gasteiger charge is 2.47. The van der Waals surface area contributed by atoms with Crippen molar-refractivity contribution in [3.63, 3.8) is 0 Å². The van der Waals surface area contributed by atoms with E-state index in [9.17, 15) is 150 Å². The van der Waals surface area contributed by atoms with Crippen LogP contribution in [-0.2, 0) is 105 Å². The van der Waals surface area contributed by atoms with Crippen LogP contribution in [0.2, 0.25) is 0 Å². The molecule has 48 heteroatoms. The number of amides is 1. The lowest BCUT2D eigenvalue weighted by molar-refractivity contribution is -0.161. The fourth-order valence-corrected chi connectivity index (χ4v) is 12.5. The van der Waals surface area contributed by atoms with E-state index in [2.05, 4.69) is 77.4 Å². The van der Waals surface area contributed by atoms with Crippen molar-refractivity contribution in [1.82, 2.24) is 70.4 Å². The van der Waals surface area contributed by atoms with Gasteiger partial charge in [0.1, 0.15) is 62.5 Å². The number of aromatic nitrogens is 12. The number of halogens is 33. The van der Waals surface area contributed by atoms with Gasteiger partial charge in [-0.1, -0.05) is 69.2 Å². The van der Waals surface area contributed by atoms with Crippen LogP contribution in [0, 0.1) is 23.7 Å². The molecule has 1 saturated heterocycles. The third-order valence-electron chi connectivity index (χ3n) is 18.2. The van der Waals surface area contributed by atoms with Gasteiger partial charge in [-0.2, -0.15) is 145 Å². The van der Waals surface area contributed by atoms with E-state index in [1.54, 1.807) is 54.5 Å². The number of hydrogen-bond donors (Lipinski definition) is 8. The highest BCUT2D eigenvalue weighted by atomic mass is 19.5. The minimum atomic E-state index is -5.08. The second-order valence-corrected chi connectivity index (χ2v) is 31.1. The molecule has 7 heterocycles. The van der Waals surface area contributed by atoms with E-state index in [1.807, 2.05) is 20.8 Å². The molecule has 126 heavy (non-hydrogen) atoms. The molecule has 0 spiro atoms. The maximum Gasteiger partial charge on any atom is 0.418 e.